The van der Waals surface area contributed by atoms with Crippen LogP contribution in [0.2, 0.25) is 0 Å². The number of sulfonamides is 1. The fraction of sp³-hybridized carbons (Fsp3) is 0.538. The number of rotatable bonds is 5. The summed E-state index contributed by atoms with van der Waals surface area (Å²) in [5, 5.41) is 0. The minimum Gasteiger partial charge on any atom is -0.326 e. The number of nitrogens with two attached hydrogens (primary N) is 1. The van der Waals surface area contributed by atoms with E-state index in [4.69, 9.17) is 5.73 Å². The molecule has 0 unspecified atom stereocenters. The van der Waals surface area contributed by atoms with Crippen molar-refractivity contribution in [2.24, 2.45) is 11.7 Å². The van der Waals surface area contributed by atoms with Gasteiger partial charge in [-0.2, -0.15) is 11.8 Å². The molecule has 1 fully saturated rings. The van der Waals surface area contributed by atoms with E-state index in [0.717, 1.165) is 29.9 Å². The van der Waals surface area contributed by atoms with Gasteiger partial charge in [0, 0.05) is 13.1 Å². The molecule has 2 rings (SSSR count). The van der Waals surface area contributed by atoms with Crippen molar-refractivity contribution in [3.8, 4) is 0 Å². The van der Waals surface area contributed by atoms with Gasteiger partial charge in [0.2, 0.25) is 10.0 Å². The van der Waals surface area contributed by atoms with Crippen molar-refractivity contribution in [1.29, 1.82) is 0 Å². The molecule has 4 nitrogen and oxygen atoms in total. The molecule has 1 aromatic carbocycles. The topological polar surface area (TPSA) is 72.2 Å². The second kappa shape index (κ2) is 6.74. The second-order valence-corrected chi connectivity index (χ2v) is 7.75. The zero-order valence-corrected chi connectivity index (χ0v) is 12.5. The first-order chi connectivity index (χ1) is 9.12. The molecule has 19 heavy (non-hydrogen) atoms. The van der Waals surface area contributed by atoms with E-state index >= 15 is 0 Å². The van der Waals surface area contributed by atoms with Gasteiger partial charge in [-0.3, -0.25) is 0 Å². The molecular formula is C13H20N2O2S2. The number of thioether (sulfide) groups is 1. The largest absolute Gasteiger partial charge is 0.326 e. The van der Waals surface area contributed by atoms with Crippen LogP contribution in [0.25, 0.3) is 0 Å². The van der Waals surface area contributed by atoms with Gasteiger partial charge in [-0.1, -0.05) is 12.1 Å². The van der Waals surface area contributed by atoms with Gasteiger partial charge >= 0.3 is 0 Å². The highest BCUT2D eigenvalue weighted by atomic mass is 32.2. The molecule has 1 aliphatic heterocycles. The maximum Gasteiger partial charge on any atom is 0.240 e. The van der Waals surface area contributed by atoms with Crippen LogP contribution in [0.5, 0.6) is 0 Å². The van der Waals surface area contributed by atoms with Gasteiger partial charge < -0.3 is 5.73 Å². The van der Waals surface area contributed by atoms with Crippen LogP contribution in [0, 0.1) is 5.92 Å². The maximum atomic E-state index is 12.2. The number of nitrogens with one attached hydrogen (secondary N) is 1. The Hall–Kier alpha value is -0.560. The summed E-state index contributed by atoms with van der Waals surface area (Å²) in [5.41, 5.74) is 6.37. The van der Waals surface area contributed by atoms with E-state index < -0.39 is 10.0 Å². The van der Waals surface area contributed by atoms with Gasteiger partial charge in [0.05, 0.1) is 4.90 Å². The zero-order valence-electron chi connectivity index (χ0n) is 10.8. The first-order valence-electron chi connectivity index (χ1n) is 6.48. The molecule has 0 aliphatic carbocycles. The summed E-state index contributed by atoms with van der Waals surface area (Å²) < 4.78 is 27.1. The lowest BCUT2D eigenvalue weighted by molar-refractivity contribution is 0.476. The first kappa shape index (κ1) is 14.8. The summed E-state index contributed by atoms with van der Waals surface area (Å²) in [6, 6.07) is 6.81. The van der Waals surface area contributed by atoms with Crippen LogP contribution in [0.15, 0.2) is 29.2 Å². The van der Waals surface area contributed by atoms with Crippen molar-refractivity contribution in [3.63, 3.8) is 0 Å². The Balaban J connectivity index is 2.00. The van der Waals surface area contributed by atoms with Crippen molar-refractivity contribution in [2.75, 3.05) is 18.1 Å². The standard InChI is InChI=1S/C13H20N2O2S2/c14-9-12-2-1-3-13(8-12)19(16,17)15-10-11-4-6-18-7-5-11/h1-3,8,11,15H,4-7,9-10,14H2. The zero-order chi connectivity index (χ0) is 13.7. The lowest BCUT2D eigenvalue weighted by atomic mass is 10.0. The van der Waals surface area contributed by atoms with E-state index in [1.54, 1.807) is 18.2 Å². The van der Waals surface area contributed by atoms with Gasteiger partial charge in [-0.05, 0) is 48.0 Å². The number of hydrogen-bond acceptors (Lipinski definition) is 4. The smallest absolute Gasteiger partial charge is 0.240 e. The highest BCUT2D eigenvalue weighted by Gasteiger charge is 2.19. The average molecular weight is 300 g/mol. The minimum absolute atomic E-state index is 0.306. The molecule has 0 aromatic heterocycles. The Labute approximate surface area is 119 Å². The van der Waals surface area contributed by atoms with E-state index in [-0.39, 0.29) is 0 Å². The highest BCUT2D eigenvalue weighted by molar-refractivity contribution is 7.99. The molecule has 1 aliphatic rings. The summed E-state index contributed by atoms with van der Waals surface area (Å²) in [6.45, 7) is 0.888. The van der Waals surface area contributed by atoms with Gasteiger partial charge in [-0.15, -0.1) is 0 Å². The molecule has 1 saturated heterocycles. The summed E-state index contributed by atoms with van der Waals surface area (Å²) in [7, 11) is -3.40. The molecule has 0 radical (unpaired) electrons. The lowest BCUT2D eigenvalue weighted by Crippen LogP contribution is -2.31. The van der Waals surface area contributed by atoms with Crippen LogP contribution in [0.4, 0.5) is 0 Å². The molecule has 6 heteroatoms. The van der Waals surface area contributed by atoms with Crippen LogP contribution in [-0.2, 0) is 16.6 Å². The molecule has 0 amide bonds. The van der Waals surface area contributed by atoms with E-state index in [0.29, 0.717) is 23.9 Å². The predicted octanol–water partition coefficient (Wildman–Crippen LogP) is 1.57. The van der Waals surface area contributed by atoms with Crippen LogP contribution in [-0.4, -0.2) is 26.5 Å². The Kier molecular flexibility index (Phi) is 5.27. The predicted molar refractivity (Wildman–Crippen MR) is 79.6 cm³/mol. The van der Waals surface area contributed by atoms with E-state index in [1.165, 1.54) is 0 Å². The third-order valence-electron chi connectivity index (χ3n) is 3.35. The van der Waals surface area contributed by atoms with Crippen LogP contribution in [0.3, 0.4) is 0 Å². The maximum absolute atomic E-state index is 12.2. The van der Waals surface area contributed by atoms with Crippen molar-refractivity contribution in [3.05, 3.63) is 29.8 Å². The average Bonchev–Trinajstić information content (AvgIpc) is 2.46. The van der Waals surface area contributed by atoms with Crippen molar-refractivity contribution < 1.29 is 8.42 Å². The van der Waals surface area contributed by atoms with Crippen LogP contribution in [0.1, 0.15) is 18.4 Å². The minimum atomic E-state index is -3.40. The Bertz CT molecular complexity index is 511. The van der Waals surface area contributed by atoms with Crippen molar-refractivity contribution in [2.45, 2.75) is 24.3 Å². The van der Waals surface area contributed by atoms with E-state index in [9.17, 15) is 8.42 Å². The van der Waals surface area contributed by atoms with Crippen molar-refractivity contribution in [1.82, 2.24) is 4.72 Å². The summed E-state index contributed by atoms with van der Waals surface area (Å²) in [4.78, 5) is 0.306. The SMILES string of the molecule is NCc1cccc(S(=O)(=O)NCC2CCSCC2)c1. The van der Waals surface area contributed by atoms with Gasteiger partial charge in [0.25, 0.3) is 0 Å². The quantitative estimate of drug-likeness (QED) is 0.866. The normalized spacial score (nSPS) is 17.5. The van der Waals surface area contributed by atoms with Crippen LogP contribution < -0.4 is 10.5 Å². The third-order valence-corrected chi connectivity index (χ3v) is 5.82. The number of hydrogen-bond donors (Lipinski definition) is 2. The summed E-state index contributed by atoms with van der Waals surface area (Å²) in [5.74, 6) is 2.73. The Morgan fingerprint density at radius 2 is 2.05 bits per heavy atom. The molecule has 0 saturated carbocycles. The highest BCUT2D eigenvalue weighted by Crippen LogP contribution is 2.22. The molecule has 106 valence electrons. The molecule has 1 aromatic rings. The fourth-order valence-electron chi connectivity index (χ4n) is 2.10. The van der Waals surface area contributed by atoms with Gasteiger partial charge in [0.1, 0.15) is 0 Å². The van der Waals surface area contributed by atoms with Gasteiger partial charge in [-0.25, -0.2) is 13.1 Å². The van der Waals surface area contributed by atoms with Crippen molar-refractivity contribution >= 4 is 21.8 Å². The molecule has 1 heterocycles. The monoisotopic (exact) mass is 300 g/mol. The lowest BCUT2D eigenvalue weighted by Gasteiger charge is -2.21. The van der Waals surface area contributed by atoms with E-state index in [2.05, 4.69) is 4.72 Å². The molecule has 0 spiro atoms. The Morgan fingerprint density at radius 1 is 1.32 bits per heavy atom. The summed E-state index contributed by atoms with van der Waals surface area (Å²) >= 11 is 1.94. The second-order valence-electron chi connectivity index (χ2n) is 4.76. The first-order valence-corrected chi connectivity index (χ1v) is 9.12. The molecule has 0 atom stereocenters. The molecular weight excluding hydrogens is 280 g/mol. The van der Waals surface area contributed by atoms with Gasteiger partial charge in [0.15, 0.2) is 0 Å². The Morgan fingerprint density at radius 3 is 2.74 bits per heavy atom. The fourth-order valence-corrected chi connectivity index (χ4v) is 4.49. The van der Waals surface area contributed by atoms with Crippen LogP contribution >= 0.6 is 11.8 Å². The molecule has 0 bridgehead atoms. The summed E-state index contributed by atoms with van der Waals surface area (Å²) in [6.07, 6.45) is 2.19. The third kappa shape index (κ3) is 4.21. The van der Waals surface area contributed by atoms with E-state index in [1.807, 2.05) is 17.8 Å². The molecule has 3 N–H and O–H groups in total. The number of benzene rings is 1.